The van der Waals surface area contributed by atoms with Gasteiger partial charge in [0.05, 0.1) is 4.92 Å². The van der Waals surface area contributed by atoms with Crippen LogP contribution in [0.5, 0.6) is 0 Å². The van der Waals surface area contributed by atoms with E-state index in [9.17, 15) is 10.1 Å². The van der Waals surface area contributed by atoms with E-state index in [0.717, 1.165) is 12.7 Å². The number of rotatable bonds is 6. The van der Waals surface area contributed by atoms with Crippen LogP contribution in [0.25, 0.3) is 0 Å². The molecule has 1 aromatic rings. The Labute approximate surface area is 105 Å². The molecule has 3 N–H and O–H groups in total. The summed E-state index contributed by atoms with van der Waals surface area (Å²) in [6, 6.07) is 0.414. The molecule has 0 aliphatic heterocycles. The highest BCUT2D eigenvalue weighted by Crippen LogP contribution is 2.20. The summed E-state index contributed by atoms with van der Waals surface area (Å²) >= 11 is 0. The van der Waals surface area contributed by atoms with Gasteiger partial charge in [0.15, 0.2) is 0 Å². The number of nitrogens with zero attached hydrogens (tertiary/aromatic N) is 4. The van der Waals surface area contributed by atoms with E-state index < -0.39 is 4.92 Å². The van der Waals surface area contributed by atoms with Crippen molar-refractivity contribution in [3.8, 4) is 0 Å². The first-order chi connectivity index (χ1) is 8.41. The Morgan fingerprint density at radius 2 is 2.28 bits per heavy atom. The van der Waals surface area contributed by atoms with Crippen LogP contribution in [0, 0.1) is 10.1 Å². The molecule has 0 atom stereocenters. The van der Waals surface area contributed by atoms with Crippen molar-refractivity contribution in [2.75, 3.05) is 31.2 Å². The van der Waals surface area contributed by atoms with Crippen LogP contribution in [-0.4, -0.2) is 46.0 Å². The molecule has 0 radical (unpaired) electrons. The van der Waals surface area contributed by atoms with Gasteiger partial charge in [-0.3, -0.25) is 10.1 Å². The number of anilines is 2. The van der Waals surface area contributed by atoms with Crippen LogP contribution in [0.2, 0.25) is 0 Å². The van der Waals surface area contributed by atoms with Crippen LogP contribution in [-0.2, 0) is 0 Å². The lowest BCUT2D eigenvalue weighted by molar-refractivity contribution is -0.384. The standard InChI is InChI=1S/C10H18N6O2/c1-7(2)15(3)5-4-12-9-8(16(17)18)6-13-10(11)14-9/h6-7H,4-5H2,1-3H3,(H3,11,12,13,14). The molecule has 1 aromatic heterocycles. The molecule has 0 unspecified atom stereocenters. The third-order valence-corrected chi connectivity index (χ3v) is 2.62. The monoisotopic (exact) mass is 254 g/mol. The van der Waals surface area contributed by atoms with Crippen molar-refractivity contribution in [1.82, 2.24) is 14.9 Å². The topological polar surface area (TPSA) is 110 Å². The number of hydrogen-bond donors (Lipinski definition) is 2. The summed E-state index contributed by atoms with van der Waals surface area (Å²) in [5.74, 6) is 0.171. The van der Waals surface area contributed by atoms with Gasteiger partial charge in [0.25, 0.3) is 0 Å². The van der Waals surface area contributed by atoms with E-state index in [1.807, 2.05) is 7.05 Å². The van der Waals surface area contributed by atoms with Gasteiger partial charge in [-0.05, 0) is 20.9 Å². The average molecular weight is 254 g/mol. The minimum atomic E-state index is -0.534. The van der Waals surface area contributed by atoms with Crippen molar-refractivity contribution in [3.05, 3.63) is 16.3 Å². The van der Waals surface area contributed by atoms with E-state index in [0.29, 0.717) is 12.6 Å². The molecule has 0 saturated carbocycles. The zero-order valence-electron chi connectivity index (χ0n) is 10.8. The number of likely N-dealkylation sites (N-methyl/N-ethyl adjacent to an activating group) is 1. The smallest absolute Gasteiger partial charge is 0.329 e. The number of hydrogen-bond acceptors (Lipinski definition) is 7. The SMILES string of the molecule is CC(C)N(C)CCNc1nc(N)ncc1[N+](=O)[O-]. The summed E-state index contributed by atoms with van der Waals surface area (Å²) in [5.41, 5.74) is 5.24. The van der Waals surface area contributed by atoms with E-state index in [1.165, 1.54) is 0 Å². The number of nitro groups is 1. The second kappa shape index (κ2) is 6.10. The van der Waals surface area contributed by atoms with Crippen LogP contribution in [0.3, 0.4) is 0 Å². The van der Waals surface area contributed by atoms with Gasteiger partial charge >= 0.3 is 5.69 Å². The summed E-state index contributed by atoms with van der Waals surface area (Å²) in [5, 5.41) is 13.7. The molecule has 0 aromatic carbocycles. The van der Waals surface area contributed by atoms with Gasteiger partial charge in [-0.2, -0.15) is 4.98 Å². The van der Waals surface area contributed by atoms with E-state index in [1.54, 1.807) is 0 Å². The summed E-state index contributed by atoms with van der Waals surface area (Å²) in [6.07, 6.45) is 1.11. The molecule has 1 heterocycles. The van der Waals surface area contributed by atoms with Gasteiger partial charge in [-0.1, -0.05) is 0 Å². The molecule has 0 bridgehead atoms. The highest BCUT2D eigenvalue weighted by atomic mass is 16.6. The fourth-order valence-electron chi connectivity index (χ4n) is 1.26. The molecule has 0 fully saturated rings. The number of nitrogen functional groups attached to an aromatic ring is 1. The molecule has 0 amide bonds. The molecule has 0 aliphatic carbocycles. The molecule has 8 nitrogen and oxygen atoms in total. The number of aromatic nitrogens is 2. The fraction of sp³-hybridized carbons (Fsp3) is 0.600. The van der Waals surface area contributed by atoms with Crippen molar-refractivity contribution in [2.24, 2.45) is 0 Å². The van der Waals surface area contributed by atoms with Crippen molar-refractivity contribution < 1.29 is 4.92 Å². The lowest BCUT2D eigenvalue weighted by Gasteiger charge is -2.20. The van der Waals surface area contributed by atoms with Crippen molar-refractivity contribution >= 4 is 17.5 Å². The minimum absolute atomic E-state index is 0.0142. The average Bonchev–Trinajstić information content (AvgIpc) is 2.28. The summed E-state index contributed by atoms with van der Waals surface area (Å²) in [4.78, 5) is 19.8. The van der Waals surface area contributed by atoms with Gasteiger partial charge in [0.2, 0.25) is 11.8 Å². The first kappa shape index (κ1) is 14.1. The zero-order chi connectivity index (χ0) is 13.7. The number of nitrogens with one attached hydrogen (secondary N) is 1. The van der Waals surface area contributed by atoms with Crippen LogP contribution >= 0.6 is 0 Å². The molecule has 8 heteroatoms. The predicted molar refractivity (Wildman–Crippen MR) is 69.4 cm³/mol. The zero-order valence-corrected chi connectivity index (χ0v) is 10.8. The first-order valence-electron chi connectivity index (χ1n) is 5.63. The summed E-state index contributed by atoms with van der Waals surface area (Å²) in [7, 11) is 1.98. The van der Waals surface area contributed by atoms with Crippen molar-refractivity contribution in [3.63, 3.8) is 0 Å². The van der Waals surface area contributed by atoms with Crippen molar-refractivity contribution in [2.45, 2.75) is 19.9 Å². The van der Waals surface area contributed by atoms with Gasteiger partial charge < -0.3 is 16.0 Å². The maximum atomic E-state index is 10.8. The fourth-order valence-corrected chi connectivity index (χ4v) is 1.26. The molecule has 1 rings (SSSR count). The van der Waals surface area contributed by atoms with Gasteiger partial charge in [-0.25, -0.2) is 4.98 Å². The van der Waals surface area contributed by atoms with Gasteiger partial charge in [0, 0.05) is 19.1 Å². The first-order valence-corrected chi connectivity index (χ1v) is 5.63. The quantitative estimate of drug-likeness (QED) is 0.568. The van der Waals surface area contributed by atoms with E-state index in [-0.39, 0.29) is 17.5 Å². The highest BCUT2D eigenvalue weighted by molar-refractivity contribution is 5.56. The van der Waals surface area contributed by atoms with E-state index in [2.05, 4.69) is 34.0 Å². The maximum Gasteiger partial charge on any atom is 0.329 e. The third-order valence-electron chi connectivity index (χ3n) is 2.62. The lowest BCUT2D eigenvalue weighted by Crippen LogP contribution is -2.31. The van der Waals surface area contributed by atoms with Crippen LogP contribution < -0.4 is 11.1 Å². The molecule has 0 spiro atoms. The van der Waals surface area contributed by atoms with E-state index in [4.69, 9.17) is 5.73 Å². The number of nitrogens with two attached hydrogens (primary N) is 1. The molecule has 0 saturated heterocycles. The molecule has 100 valence electrons. The Hall–Kier alpha value is -1.96. The van der Waals surface area contributed by atoms with Gasteiger partial charge in [-0.15, -0.1) is 0 Å². The molecular weight excluding hydrogens is 236 g/mol. The van der Waals surface area contributed by atoms with Crippen LogP contribution in [0.1, 0.15) is 13.8 Å². The summed E-state index contributed by atoms with van der Waals surface area (Å²) < 4.78 is 0. The molecule has 0 aliphatic rings. The summed E-state index contributed by atoms with van der Waals surface area (Å²) in [6.45, 7) is 5.45. The Kier molecular flexibility index (Phi) is 4.78. The normalized spacial score (nSPS) is 10.9. The lowest BCUT2D eigenvalue weighted by atomic mass is 10.3. The highest BCUT2D eigenvalue weighted by Gasteiger charge is 2.16. The Morgan fingerprint density at radius 1 is 1.61 bits per heavy atom. The van der Waals surface area contributed by atoms with Gasteiger partial charge in [0.1, 0.15) is 6.20 Å². The second-order valence-corrected chi connectivity index (χ2v) is 4.22. The largest absolute Gasteiger partial charge is 0.368 e. The second-order valence-electron chi connectivity index (χ2n) is 4.22. The maximum absolute atomic E-state index is 10.8. The molecular formula is C10H18N6O2. The predicted octanol–water partition coefficient (Wildman–Crippen LogP) is 0.719. The Bertz CT molecular complexity index is 423. The van der Waals surface area contributed by atoms with Crippen LogP contribution in [0.4, 0.5) is 17.5 Å². The van der Waals surface area contributed by atoms with E-state index >= 15 is 0 Å². The third kappa shape index (κ3) is 3.81. The molecule has 18 heavy (non-hydrogen) atoms. The minimum Gasteiger partial charge on any atom is -0.368 e. The van der Waals surface area contributed by atoms with Crippen molar-refractivity contribution in [1.29, 1.82) is 0 Å². The van der Waals surface area contributed by atoms with Crippen LogP contribution in [0.15, 0.2) is 6.20 Å². The Morgan fingerprint density at radius 3 is 2.83 bits per heavy atom. The Balaban J connectivity index is 2.66.